The average Bonchev–Trinajstić information content (AvgIpc) is 3.37. The van der Waals surface area contributed by atoms with Crippen LogP contribution in [0.5, 0.6) is 0 Å². The first-order chi connectivity index (χ1) is 14.5. The summed E-state index contributed by atoms with van der Waals surface area (Å²) in [6.45, 7) is 4.99. The van der Waals surface area contributed by atoms with Gasteiger partial charge in [-0.2, -0.15) is 0 Å². The Hall–Kier alpha value is -3.33. The van der Waals surface area contributed by atoms with Crippen molar-refractivity contribution in [1.82, 2.24) is 14.8 Å². The van der Waals surface area contributed by atoms with Crippen LogP contribution in [0.15, 0.2) is 53.9 Å². The van der Waals surface area contributed by atoms with Crippen molar-refractivity contribution in [3.63, 3.8) is 0 Å². The molecule has 1 aliphatic rings. The van der Waals surface area contributed by atoms with Gasteiger partial charge in [-0.3, -0.25) is 14.3 Å². The summed E-state index contributed by atoms with van der Waals surface area (Å²) in [4.78, 5) is 25.7. The second-order valence-corrected chi connectivity index (χ2v) is 7.85. The van der Waals surface area contributed by atoms with Gasteiger partial charge in [0.1, 0.15) is 12.9 Å². The first-order valence-corrected chi connectivity index (χ1v) is 10.4. The van der Waals surface area contributed by atoms with Crippen LogP contribution in [-0.4, -0.2) is 45.7 Å². The van der Waals surface area contributed by atoms with Gasteiger partial charge in [-0.05, 0) is 55.3 Å². The second kappa shape index (κ2) is 8.58. The number of aromatic nitrogens is 3. The van der Waals surface area contributed by atoms with Gasteiger partial charge in [-0.15, -0.1) is 10.2 Å². The molecule has 0 unspecified atom stereocenters. The molecule has 4 rings (SSSR count). The van der Waals surface area contributed by atoms with Crippen molar-refractivity contribution in [2.75, 3.05) is 29.1 Å². The van der Waals surface area contributed by atoms with E-state index in [4.69, 9.17) is 4.74 Å². The van der Waals surface area contributed by atoms with Crippen LogP contribution >= 0.6 is 11.8 Å². The largest absolute Gasteiger partial charge is 0.447 e. The molecular weight excluding hydrogens is 402 g/mol. The van der Waals surface area contributed by atoms with Crippen LogP contribution in [-0.2, 0) is 9.53 Å². The molecule has 8 nitrogen and oxygen atoms in total. The highest BCUT2D eigenvalue weighted by atomic mass is 32.2. The predicted octanol–water partition coefficient (Wildman–Crippen LogP) is 3.57. The molecule has 1 saturated heterocycles. The van der Waals surface area contributed by atoms with E-state index in [-0.39, 0.29) is 17.8 Å². The zero-order chi connectivity index (χ0) is 21.1. The molecule has 1 aliphatic heterocycles. The third-order valence-electron chi connectivity index (χ3n) is 4.82. The Bertz CT molecular complexity index is 1100. The number of carbonyl (C=O) groups is 2. The Morgan fingerprint density at radius 1 is 1.17 bits per heavy atom. The van der Waals surface area contributed by atoms with Gasteiger partial charge in [0, 0.05) is 17.1 Å². The fourth-order valence-corrected chi connectivity index (χ4v) is 3.81. The maximum absolute atomic E-state index is 12.5. The molecule has 0 bridgehead atoms. The predicted molar refractivity (Wildman–Crippen MR) is 115 cm³/mol. The number of hydrogen-bond acceptors (Lipinski definition) is 6. The molecule has 2 amide bonds. The van der Waals surface area contributed by atoms with Crippen LogP contribution in [0, 0.1) is 13.8 Å². The Morgan fingerprint density at radius 3 is 2.80 bits per heavy atom. The smallest absolute Gasteiger partial charge is 0.414 e. The van der Waals surface area contributed by atoms with Crippen molar-refractivity contribution in [2.45, 2.75) is 19.0 Å². The number of aryl methyl sites for hydroxylation is 2. The number of anilines is 2. The Balaban J connectivity index is 1.40. The van der Waals surface area contributed by atoms with Gasteiger partial charge in [0.2, 0.25) is 5.91 Å². The number of nitrogens with one attached hydrogen (secondary N) is 1. The van der Waals surface area contributed by atoms with Crippen molar-refractivity contribution < 1.29 is 14.3 Å². The van der Waals surface area contributed by atoms with E-state index in [2.05, 4.69) is 41.5 Å². The Kier molecular flexibility index (Phi) is 5.71. The molecule has 0 saturated carbocycles. The number of nitrogens with zero attached hydrogens (tertiary/aromatic N) is 4. The van der Waals surface area contributed by atoms with E-state index in [1.165, 1.54) is 27.8 Å². The molecule has 30 heavy (non-hydrogen) atoms. The number of cyclic esters (lactones) is 1. The zero-order valence-corrected chi connectivity index (χ0v) is 17.5. The molecule has 1 fully saturated rings. The van der Waals surface area contributed by atoms with E-state index in [1.807, 2.05) is 16.7 Å². The van der Waals surface area contributed by atoms with E-state index in [9.17, 15) is 9.59 Å². The molecule has 2 heterocycles. The summed E-state index contributed by atoms with van der Waals surface area (Å²) in [7, 11) is 0. The van der Waals surface area contributed by atoms with Gasteiger partial charge in [-0.25, -0.2) is 4.79 Å². The third kappa shape index (κ3) is 4.30. The maximum Gasteiger partial charge on any atom is 0.414 e. The highest BCUT2D eigenvalue weighted by Gasteiger charge is 2.23. The monoisotopic (exact) mass is 423 g/mol. The van der Waals surface area contributed by atoms with E-state index >= 15 is 0 Å². The summed E-state index contributed by atoms with van der Waals surface area (Å²) >= 11 is 1.31. The minimum absolute atomic E-state index is 0.171. The quantitative estimate of drug-likeness (QED) is 0.610. The first-order valence-electron chi connectivity index (χ1n) is 9.46. The molecule has 3 aromatic rings. The number of rotatable bonds is 6. The number of carbonyl (C=O) groups excluding carboxylic acids is 2. The van der Waals surface area contributed by atoms with Crippen LogP contribution in [0.25, 0.3) is 5.69 Å². The zero-order valence-electron chi connectivity index (χ0n) is 16.7. The lowest BCUT2D eigenvalue weighted by atomic mass is 10.1. The molecular formula is C21H21N5O3S. The molecule has 1 N–H and O–H groups in total. The summed E-state index contributed by atoms with van der Waals surface area (Å²) in [5, 5.41) is 11.6. The van der Waals surface area contributed by atoms with Crippen LogP contribution in [0.4, 0.5) is 16.2 Å². The summed E-state index contributed by atoms with van der Waals surface area (Å²) in [6, 6.07) is 13.3. The van der Waals surface area contributed by atoms with Crippen molar-refractivity contribution in [1.29, 1.82) is 0 Å². The van der Waals surface area contributed by atoms with Crippen molar-refractivity contribution in [3.05, 3.63) is 59.9 Å². The highest BCUT2D eigenvalue weighted by Crippen LogP contribution is 2.24. The normalized spacial score (nSPS) is 13.4. The van der Waals surface area contributed by atoms with Crippen LogP contribution in [0.2, 0.25) is 0 Å². The minimum Gasteiger partial charge on any atom is -0.447 e. The SMILES string of the molecule is Cc1ccc(-n2cnnc2SCC(=O)Nc2cccc(N3CCOC3=O)c2)cc1C. The third-order valence-corrected chi connectivity index (χ3v) is 5.76. The molecule has 0 radical (unpaired) electrons. The number of benzene rings is 2. The summed E-state index contributed by atoms with van der Waals surface area (Å²) in [5.41, 5.74) is 4.66. The molecule has 154 valence electrons. The number of thioether (sulfide) groups is 1. The standard InChI is InChI=1S/C21H21N5O3S/c1-14-6-7-18(10-15(14)2)26-13-22-24-20(26)30-12-19(27)23-16-4-3-5-17(11-16)25-8-9-29-21(25)28/h3-7,10-11,13H,8-9,12H2,1-2H3,(H,23,27). The van der Waals surface area contributed by atoms with Crippen molar-refractivity contribution in [2.24, 2.45) is 0 Å². The van der Waals surface area contributed by atoms with Crippen LogP contribution < -0.4 is 10.2 Å². The van der Waals surface area contributed by atoms with E-state index in [0.29, 0.717) is 29.7 Å². The second-order valence-electron chi connectivity index (χ2n) is 6.91. The lowest BCUT2D eigenvalue weighted by Gasteiger charge is -2.14. The van der Waals surface area contributed by atoms with Gasteiger partial charge in [0.05, 0.1) is 12.3 Å². The van der Waals surface area contributed by atoms with E-state index in [1.54, 1.807) is 24.5 Å². The van der Waals surface area contributed by atoms with Gasteiger partial charge in [0.15, 0.2) is 5.16 Å². The van der Waals surface area contributed by atoms with Gasteiger partial charge in [0.25, 0.3) is 0 Å². The topological polar surface area (TPSA) is 89.3 Å². The van der Waals surface area contributed by atoms with E-state index < -0.39 is 0 Å². The van der Waals surface area contributed by atoms with Gasteiger partial charge < -0.3 is 10.1 Å². The fraction of sp³-hybridized carbons (Fsp3) is 0.238. The molecule has 0 spiro atoms. The highest BCUT2D eigenvalue weighted by molar-refractivity contribution is 7.99. The maximum atomic E-state index is 12.5. The Labute approximate surface area is 178 Å². The van der Waals surface area contributed by atoms with Crippen molar-refractivity contribution in [3.8, 4) is 5.69 Å². The van der Waals surface area contributed by atoms with Gasteiger partial charge >= 0.3 is 6.09 Å². The Morgan fingerprint density at radius 2 is 2.03 bits per heavy atom. The summed E-state index contributed by atoms with van der Waals surface area (Å²) in [5.74, 6) is 0.00951. The lowest BCUT2D eigenvalue weighted by molar-refractivity contribution is -0.113. The number of ether oxygens (including phenoxy) is 1. The molecule has 0 aliphatic carbocycles. The number of hydrogen-bond donors (Lipinski definition) is 1. The molecule has 9 heteroatoms. The van der Waals surface area contributed by atoms with Crippen LogP contribution in [0.1, 0.15) is 11.1 Å². The molecule has 0 atom stereocenters. The minimum atomic E-state index is -0.375. The summed E-state index contributed by atoms with van der Waals surface area (Å²) < 4.78 is 6.83. The van der Waals surface area contributed by atoms with Gasteiger partial charge in [-0.1, -0.05) is 23.9 Å². The molecule has 1 aromatic heterocycles. The van der Waals surface area contributed by atoms with Crippen molar-refractivity contribution >= 4 is 35.1 Å². The average molecular weight is 423 g/mol. The number of amides is 2. The lowest BCUT2D eigenvalue weighted by Crippen LogP contribution is -2.23. The first kappa shape index (κ1) is 20.0. The summed E-state index contributed by atoms with van der Waals surface area (Å²) in [6.07, 6.45) is 1.27. The fourth-order valence-electron chi connectivity index (χ4n) is 3.08. The molecule has 2 aromatic carbocycles. The van der Waals surface area contributed by atoms with Crippen LogP contribution in [0.3, 0.4) is 0 Å². The van der Waals surface area contributed by atoms with E-state index in [0.717, 1.165) is 5.69 Å².